The lowest BCUT2D eigenvalue weighted by Crippen LogP contribution is -2.28. The molecule has 2 amide bonds. The predicted molar refractivity (Wildman–Crippen MR) is 99.1 cm³/mol. The van der Waals surface area contributed by atoms with E-state index in [-0.39, 0.29) is 24.7 Å². The van der Waals surface area contributed by atoms with Gasteiger partial charge in [0.2, 0.25) is 5.91 Å². The number of anilines is 2. The number of aryl methyl sites for hydroxylation is 1. The van der Waals surface area contributed by atoms with Gasteiger partial charge in [0.15, 0.2) is 12.4 Å². The number of carbonyl (C=O) groups is 4. The van der Waals surface area contributed by atoms with Crippen molar-refractivity contribution in [1.29, 1.82) is 0 Å². The van der Waals surface area contributed by atoms with Crippen molar-refractivity contribution < 1.29 is 33.2 Å². The molecule has 1 atom stereocenters. The number of amides is 2. The number of methoxy groups -OCH3 is 1. The van der Waals surface area contributed by atoms with Gasteiger partial charge < -0.3 is 24.2 Å². The third kappa shape index (κ3) is 4.78. The number of carbonyl (C=O) groups excluding carboxylic acids is 4. The van der Waals surface area contributed by atoms with Gasteiger partial charge in [-0.3, -0.25) is 14.4 Å². The normalized spacial score (nSPS) is 15.9. The van der Waals surface area contributed by atoms with Gasteiger partial charge in [-0.05, 0) is 31.2 Å². The zero-order valence-electron chi connectivity index (χ0n) is 15.8. The van der Waals surface area contributed by atoms with E-state index in [4.69, 9.17) is 9.26 Å². The van der Waals surface area contributed by atoms with E-state index in [9.17, 15) is 19.2 Å². The van der Waals surface area contributed by atoms with Crippen molar-refractivity contribution in [2.24, 2.45) is 5.92 Å². The van der Waals surface area contributed by atoms with Crippen LogP contribution in [-0.2, 0) is 23.9 Å². The van der Waals surface area contributed by atoms with E-state index >= 15 is 0 Å². The van der Waals surface area contributed by atoms with Gasteiger partial charge in [0.25, 0.3) is 5.91 Å². The second-order valence-electron chi connectivity index (χ2n) is 6.42. The van der Waals surface area contributed by atoms with Gasteiger partial charge in [0, 0.05) is 24.7 Å². The first kappa shape index (κ1) is 20.1. The minimum atomic E-state index is -0.690. The zero-order chi connectivity index (χ0) is 21.0. The number of esters is 2. The topological polar surface area (TPSA) is 128 Å². The summed E-state index contributed by atoms with van der Waals surface area (Å²) in [6, 6.07) is 7.81. The van der Waals surface area contributed by atoms with Crippen LogP contribution < -0.4 is 10.2 Å². The van der Waals surface area contributed by atoms with Crippen LogP contribution in [0, 0.1) is 12.8 Å². The van der Waals surface area contributed by atoms with Crippen molar-refractivity contribution in [3.63, 3.8) is 0 Å². The smallest absolute Gasteiger partial charge is 0.337 e. The van der Waals surface area contributed by atoms with Gasteiger partial charge in [-0.15, -0.1) is 0 Å². The molecular weight excluding hydrogens is 382 g/mol. The molecule has 1 aromatic heterocycles. The number of hydrogen-bond acceptors (Lipinski definition) is 8. The maximum atomic E-state index is 12.3. The van der Waals surface area contributed by atoms with Crippen molar-refractivity contribution >= 4 is 35.3 Å². The van der Waals surface area contributed by atoms with E-state index in [1.165, 1.54) is 30.2 Å². The summed E-state index contributed by atoms with van der Waals surface area (Å²) in [5.41, 5.74) is 0.907. The fourth-order valence-corrected chi connectivity index (χ4v) is 2.87. The van der Waals surface area contributed by atoms with Crippen LogP contribution >= 0.6 is 0 Å². The molecule has 2 aromatic rings. The molecule has 0 aliphatic carbocycles. The fourth-order valence-electron chi connectivity index (χ4n) is 2.87. The van der Waals surface area contributed by atoms with Crippen molar-refractivity contribution in [2.45, 2.75) is 13.3 Å². The number of aromatic nitrogens is 1. The molecule has 152 valence electrons. The lowest BCUT2D eigenvalue weighted by atomic mass is 10.1. The van der Waals surface area contributed by atoms with Crippen LogP contribution in [0.5, 0.6) is 0 Å². The Morgan fingerprint density at radius 1 is 1.28 bits per heavy atom. The molecule has 2 heterocycles. The highest BCUT2D eigenvalue weighted by atomic mass is 16.5. The lowest BCUT2D eigenvalue weighted by molar-refractivity contribution is -0.151. The molecule has 0 spiro atoms. The van der Waals surface area contributed by atoms with Crippen molar-refractivity contribution in [3.8, 4) is 0 Å². The molecule has 1 saturated heterocycles. The maximum Gasteiger partial charge on any atom is 0.337 e. The number of hydrogen-bond donors (Lipinski definition) is 1. The summed E-state index contributed by atoms with van der Waals surface area (Å²) >= 11 is 0. The van der Waals surface area contributed by atoms with Crippen LogP contribution in [-0.4, -0.2) is 49.2 Å². The summed E-state index contributed by atoms with van der Waals surface area (Å²) in [5, 5.41) is 6.04. The first-order chi connectivity index (χ1) is 13.9. The second kappa shape index (κ2) is 8.55. The van der Waals surface area contributed by atoms with Crippen LogP contribution in [0.2, 0.25) is 0 Å². The van der Waals surface area contributed by atoms with Crippen molar-refractivity contribution in [2.75, 3.05) is 30.5 Å². The largest absolute Gasteiger partial charge is 0.465 e. The standard InChI is InChI=1S/C19H19N3O7/c1-11-7-15(21-29-11)20-16(23)10-28-19(26)13-8-17(24)22(9-13)14-5-3-12(4-6-14)18(25)27-2/h3-7,13H,8-10H2,1-2H3,(H,20,21,23)/t13-/m0/s1. The lowest BCUT2D eigenvalue weighted by Gasteiger charge is -2.16. The van der Waals surface area contributed by atoms with E-state index in [0.717, 1.165) is 0 Å². The minimum absolute atomic E-state index is 0.0261. The quantitative estimate of drug-likeness (QED) is 0.718. The first-order valence-electron chi connectivity index (χ1n) is 8.76. The second-order valence-corrected chi connectivity index (χ2v) is 6.42. The fraction of sp³-hybridized carbons (Fsp3) is 0.316. The summed E-state index contributed by atoms with van der Waals surface area (Å²) in [6.45, 7) is 1.30. The Morgan fingerprint density at radius 2 is 2.00 bits per heavy atom. The Morgan fingerprint density at radius 3 is 2.62 bits per heavy atom. The summed E-state index contributed by atoms with van der Waals surface area (Å²) < 4.78 is 14.5. The number of benzene rings is 1. The Labute approximate surface area is 165 Å². The van der Waals surface area contributed by atoms with E-state index in [1.54, 1.807) is 19.1 Å². The molecule has 0 saturated carbocycles. The third-order valence-electron chi connectivity index (χ3n) is 4.30. The zero-order valence-corrected chi connectivity index (χ0v) is 15.8. The number of ether oxygens (including phenoxy) is 2. The predicted octanol–water partition coefficient (Wildman–Crippen LogP) is 1.30. The first-order valence-corrected chi connectivity index (χ1v) is 8.76. The molecule has 1 aliphatic rings. The summed E-state index contributed by atoms with van der Waals surface area (Å²) in [6.07, 6.45) is -0.0261. The molecule has 29 heavy (non-hydrogen) atoms. The SMILES string of the molecule is COC(=O)c1ccc(N2C[C@@H](C(=O)OCC(=O)Nc3cc(C)on3)CC2=O)cc1. The van der Waals surface area contributed by atoms with Gasteiger partial charge in [-0.2, -0.15) is 0 Å². The van der Waals surface area contributed by atoms with Crippen LogP contribution in [0.4, 0.5) is 11.5 Å². The van der Waals surface area contributed by atoms with Gasteiger partial charge >= 0.3 is 11.9 Å². The van der Waals surface area contributed by atoms with Crippen molar-refractivity contribution in [3.05, 3.63) is 41.7 Å². The van der Waals surface area contributed by atoms with Crippen LogP contribution in [0.1, 0.15) is 22.5 Å². The molecule has 1 fully saturated rings. The average Bonchev–Trinajstić information content (AvgIpc) is 3.31. The molecule has 10 nitrogen and oxygen atoms in total. The Hall–Kier alpha value is -3.69. The molecule has 0 radical (unpaired) electrons. The van der Waals surface area contributed by atoms with E-state index < -0.39 is 30.4 Å². The van der Waals surface area contributed by atoms with Gasteiger partial charge in [-0.1, -0.05) is 5.16 Å². The number of nitrogens with zero attached hydrogens (tertiary/aromatic N) is 2. The molecule has 1 N–H and O–H groups in total. The average molecular weight is 401 g/mol. The Balaban J connectivity index is 1.53. The Bertz CT molecular complexity index is 936. The van der Waals surface area contributed by atoms with Crippen LogP contribution in [0.15, 0.2) is 34.9 Å². The molecule has 3 rings (SSSR count). The Kier molecular flexibility index (Phi) is 5.91. The third-order valence-corrected chi connectivity index (χ3v) is 4.30. The number of nitrogens with one attached hydrogen (secondary N) is 1. The van der Waals surface area contributed by atoms with E-state index in [0.29, 0.717) is 17.0 Å². The molecular formula is C19H19N3O7. The summed E-state index contributed by atoms with van der Waals surface area (Å²) in [4.78, 5) is 49.3. The van der Waals surface area contributed by atoms with E-state index in [2.05, 4.69) is 15.2 Å². The monoisotopic (exact) mass is 401 g/mol. The highest BCUT2D eigenvalue weighted by Crippen LogP contribution is 2.26. The van der Waals surface area contributed by atoms with Crippen LogP contribution in [0.25, 0.3) is 0 Å². The van der Waals surface area contributed by atoms with E-state index in [1.807, 2.05) is 0 Å². The molecule has 1 aromatic carbocycles. The van der Waals surface area contributed by atoms with Gasteiger partial charge in [0.1, 0.15) is 5.76 Å². The number of rotatable bonds is 6. The molecule has 0 bridgehead atoms. The maximum absolute atomic E-state index is 12.3. The molecule has 10 heteroatoms. The molecule has 0 unspecified atom stereocenters. The van der Waals surface area contributed by atoms with Gasteiger partial charge in [0.05, 0.1) is 18.6 Å². The highest BCUT2D eigenvalue weighted by molar-refractivity contribution is 6.00. The molecule has 1 aliphatic heterocycles. The minimum Gasteiger partial charge on any atom is -0.465 e. The van der Waals surface area contributed by atoms with Crippen molar-refractivity contribution in [1.82, 2.24) is 5.16 Å². The van der Waals surface area contributed by atoms with Crippen LogP contribution in [0.3, 0.4) is 0 Å². The summed E-state index contributed by atoms with van der Waals surface area (Å²) in [5.74, 6) is -1.87. The summed E-state index contributed by atoms with van der Waals surface area (Å²) in [7, 11) is 1.28. The van der Waals surface area contributed by atoms with Gasteiger partial charge in [-0.25, -0.2) is 4.79 Å². The highest BCUT2D eigenvalue weighted by Gasteiger charge is 2.36.